The fourth-order valence-electron chi connectivity index (χ4n) is 3.92. The predicted octanol–water partition coefficient (Wildman–Crippen LogP) is 5.73. The van der Waals surface area contributed by atoms with Crippen LogP contribution in [0.25, 0.3) is 16.6 Å². The minimum Gasteiger partial charge on any atom is -0.494 e. The molecule has 0 fully saturated rings. The van der Waals surface area contributed by atoms with Crippen molar-refractivity contribution in [2.45, 2.75) is 26.8 Å². The second kappa shape index (κ2) is 9.46. The fraction of sp³-hybridized carbons (Fsp3) is 0.192. The maximum Gasteiger partial charge on any atom is 0.267 e. The molecule has 2 aromatic carbocycles. The van der Waals surface area contributed by atoms with E-state index in [1.54, 1.807) is 36.5 Å². The van der Waals surface area contributed by atoms with Crippen molar-refractivity contribution < 1.29 is 5.11 Å². The monoisotopic (exact) mass is 460 g/mol. The molecular weight excluding hydrogens is 436 g/mol. The van der Waals surface area contributed by atoms with Gasteiger partial charge in [0.1, 0.15) is 5.82 Å². The highest BCUT2D eigenvalue weighted by Gasteiger charge is 2.17. The lowest BCUT2D eigenvalue weighted by molar-refractivity contribution is 0.435. The number of hydrogen-bond donors (Lipinski definition) is 1. The molecule has 1 N–H and O–H groups in total. The van der Waals surface area contributed by atoms with Crippen LogP contribution >= 0.6 is 11.6 Å². The number of fused-ring (bicyclic) bond motifs is 1. The molecule has 0 unspecified atom stereocenters. The van der Waals surface area contributed by atoms with Crippen LogP contribution in [-0.2, 0) is 0 Å². The molecule has 4 aromatic rings. The third-order valence-corrected chi connectivity index (χ3v) is 5.76. The van der Waals surface area contributed by atoms with Gasteiger partial charge in [0.05, 0.1) is 16.3 Å². The van der Waals surface area contributed by atoms with Crippen molar-refractivity contribution in [2.75, 3.05) is 11.4 Å². The van der Waals surface area contributed by atoms with Crippen LogP contribution in [-0.4, -0.2) is 33.5 Å². The molecule has 0 saturated heterocycles. The number of aromatic hydroxyl groups is 1. The van der Waals surface area contributed by atoms with Crippen LogP contribution in [0.15, 0.2) is 76.6 Å². The molecule has 0 radical (unpaired) electrons. The summed E-state index contributed by atoms with van der Waals surface area (Å²) in [5.41, 5.74) is 1.93. The Labute approximate surface area is 197 Å². The highest BCUT2D eigenvalue weighted by molar-refractivity contribution is 6.30. The Morgan fingerprint density at radius 2 is 1.79 bits per heavy atom. The Morgan fingerprint density at radius 3 is 2.39 bits per heavy atom. The third-order valence-electron chi connectivity index (χ3n) is 5.53. The number of aromatic nitrogens is 2. The van der Waals surface area contributed by atoms with E-state index >= 15 is 0 Å². The van der Waals surface area contributed by atoms with Gasteiger partial charge >= 0.3 is 0 Å². The van der Waals surface area contributed by atoms with E-state index in [1.165, 1.54) is 10.8 Å². The van der Waals surface area contributed by atoms with Crippen LogP contribution in [0.2, 0.25) is 5.02 Å². The van der Waals surface area contributed by atoms with Gasteiger partial charge in [0, 0.05) is 41.5 Å². The van der Waals surface area contributed by atoms with Crippen LogP contribution in [0.1, 0.15) is 26.3 Å². The lowest BCUT2D eigenvalue weighted by Gasteiger charge is -2.27. The molecular formula is C26H25ClN4O2. The fourth-order valence-corrected chi connectivity index (χ4v) is 4.03. The van der Waals surface area contributed by atoms with Gasteiger partial charge in [0.2, 0.25) is 5.88 Å². The minimum absolute atomic E-state index is 0.231. The average molecular weight is 461 g/mol. The summed E-state index contributed by atoms with van der Waals surface area (Å²) in [4.78, 5) is 24.2. The SMILES string of the molecule is CCN(c1ccc(N=Cc2c(O)n(-c3ccc(Cl)cn3)c(=O)c3ccccc23)cc1)C(C)C. The van der Waals surface area contributed by atoms with Crippen molar-refractivity contribution in [1.29, 1.82) is 0 Å². The standard InChI is InChI=1S/C26H25ClN4O2/c1-4-30(17(2)3)20-12-10-19(11-13-20)28-16-23-21-7-5-6-8-22(21)25(32)31(26(23)33)24-14-9-18(27)15-29-24/h5-17,33H,4H2,1-3H3. The second-order valence-electron chi connectivity index (χ2n) is 7.91. The molecule has 0 aliphatic rings. The molecule has 2 aromatic heterocycles. The first kappa shape index (κ1) is 22.6. The first-order valence-electron chi connectivity index (χ1n) is 10.8. The number of rotatable bonds is 6. The Kier molecular flexibility index (Phi) is 6.47. The summed E-state index contributed by atoms with van der Waals surface area (Å²) in [6, 6.07) is 18.7. The zero-order valence-electron chi connectivity index (χ0n) is 18.7. The molecule has 168 valence electrons. The van der Waals surface area contributed by atoms with Crippen molar-refractivity contribution in [3.63, 3.8) is 0 Å². The van der Waals surface area contributed by atoms with E-state index in [4.69, 9.17) is 11.6 Å². The van der Waals surface area contributed by atoms with Gasteiger partial charge in [-0.1, -0.05) is 29.8 Å². The number of benzene rings is 2. The van der Waals surface area contributed by atoms with Gasteiger partial charge in [-0.05, 0) is 63.2 Å². The third kappa shape index (κ3) is 4.47. The van der Waals surface area contributed by atoms with Gasteiger partial charge in [-0.2, -0.15) is 0 Å². The van der Waals surface area contributed by atoms with E-state index in [0.29, 0.717) is 27.4 Å². The van der Waals surface area contributed by atoms with E-state index < -0.39 is 0 Å². The normalized spacial score (nSPS) is 11.5. The Hall–Kier alpha value is -3.64. The summed E-state index contributed by atoms with van der Waals surface area (Å²) in [7, 11) is 0. The molecule has 4 rings (SSSR count). The Morgan fingerprint density at radius 1 is 1.09 bits per heavy atom. The van der Waals surface area contributed by atoms with Gasteiger partial charge in [-0.3, -0.25) is 9.79 Å². The first-order chi connectivity index (χ1) is 15.9. The number of anilines is 1. The maximum atomic E-state index is 13.1. The minimum atomic E-state index is -0.368. The number of hydrogen-bond acceptors (Lipinski definition) is 5. The summed E-state index contributed by atoms with van der Waals surface area (Å²) in [5.74, 6) is 0.0471. The van der Waals surface area contributed by atoms with E-state index in [9.17, 15) is 9.90 Å². The highest BCUT2D eigenvalue weighted by atomic mass is 35.5. The first-order valence-corrected chi connectivity index (χ1v) is 11.2. The van der Waals surface area contributed by atoms with E-state index in [2.05, 4.69) is 35.6 Å². The smallest absolute Gasteiger partial charge is 0.267 e. The quantitative estimate of drug-likeness (QED) is 0.373. The number of halogens is 1. The zero-order valence-corrected chi connectivity index (χ0v) is 19.5. The molecule has 0 aliphatic heterocycles. The van der Waals surface area contributed by atoms with Crippen LogP contribution in [0.5, 0.6) is 5.88 Å². The van der Waals surface area contributed by atoms with Gasteiger partial charge in [0.25, 0.3) is 5.56 Å². The summed E-state index contributed by atoms with van der Waals surface area (Å²) in [6.07, 6.45) is 3.02. The van der Waals surface area contributed by atoms with E-state index in [0.717, 1.165) is 17.9 Å². The molecule has 6 nitrogen and oxygen atoms in total. The van der Waals surface area contributed by atoms with Crippen molar-refractivity contribution in [1.82, 2.24) is 9.55 Å². The topological polar surface area (TPSA) is 70.7 Å². The summed E-state index contributed by atoms with van der Waals surface area (Å²) in [6.45, 7) is 7.37. The molecule has 0 saturated carbocycles. The zero-order chi connectivity index (χ0) is 23.5. The van der Waals surface area contributed by atoms with Crippen molar-refractivity contribution >= 4 is 40.0 Å². The molecule has 0 amide bonds. The molecule has 0 aliphatic carbocycles. The molecule has 33 heavy (non-hydrogen) atoms. The van der Waals surface area contributed by atoms with Crippen molar-refractivity contribution in [2.24, 2.45) is 4.99 Å². The van der Waals surface area contributed by atoms with E-state index in [-0.39, 0.29) is 17.3 Å². The van der Waals surface area contributed by atoms with Gasteiger partial charge < -0.3 is 10.0 Å². The highest BCUT2D eigenvalue weighted by Crippen LogP contribution is 2.27. The predicted molar refractivity (Wildman–Crippen MR) is 136 cm³/mol. The second-order valence-corrected chi connectivity index (χ2v) is 8.35. The summed E-state index contributed by atoms with van der Waals surface area (Å²) >= 11 is 5.94. The summed E-state index contributed by atoms with van der Waals surface area (Å²) in [5, 5.41) is 12.6. The van der Waals surface area contributed by atoms with Crippen molar-refractivity contribution in [3.8, 4) is 11.7 Å². The molecule has 0 bridgehead atoms. The molecule has 7 heteroatoms. The Bertz CT molecular complexity index is 1360. The van der Waals surface area contributed by atoms with Gasteiger partial charge in [-0.15, -0.1) is 0 Å². The molecule has 2 heterocycles. The van der Waals surface area contributed by atoms with Crippen LogP contribution in [0.3, 0.4) is 0 Å². The van der Waals surface area contributed by atoms with E-state index in [1.807, 2.05) is 30.3 Å². The maximum absolute atomic E-state index is 13.1. The summed E-state index contributed by atoms with van der Waals surface area (Å²) < 4.78 is 1.17. The lowest BCUT2D eigenvalue weighted by atomic mass is 10.1. The lowest BCUT2D eigenvalue weighted by Crippen LogP contribution is -2.30. The average Bonchev–Trinajstić information content (AvgIpc) is 2.81. The largest absolute Gasteiger partial charge is 0.494 e. The molecule has 0 atom stereocenters. The number of aliphatic imine (C=N–C) groups is 1. The molecule has 0 spiro atoms. The van der Waals surface area contributed by atoms with Gasteiger partial charge in [0.15, 0.2) is 0 Å². The number of nitrogens with zero attached hydrogens (tertiary/aromatic N) is 4. The number of pyridine rings is 2. The van der Waals surface area contributed by atoms with Crippen LogP contribution in [0, 0.1) is 0 Å². The van der Waals surface area contributed by atoms with Crippen molar-refractivity contribution in [3.05, 3.63) is 87.8 Å². The van der Waals surface area contributed by atoms with Gasteiger partial charge in [-0.25, -0.2) is 9.55 Å². The Balaban J connectivity index is 1.80. The van der Waals surface area contributed by atoms with Crippen LogP contribution in [0.4, 0.5) is 11.4 Å². The van der Waals surface area contributed by atoms with Crippen LogP contribution < -0.4 is 10.5 Å².